The smallest absolute Gasteiger partial charge is 0.0967 e. The Hall–Kier alpha value is 1.12. The Morgan fingerprint density at radius 3 is 0.714 bits per heavy atom. The molecule has 0 unspecified atom stereocenters. The van der Waals surface area contributed by atoms with E-state index in [1.54, 1.807) is 0 Å². The summed E-state index contributed by atoms with van der Waals surface area (Å²) in [5.74, 6) is 0. The van der Waals surface area contributed by atoms with E-state index in [1.807, 2.05) is 0 Å². The third-order valence-electron chi connectivity index (χ3n) is 0. The van der Waals surface area contributed by atoms with Gasteiger partial charge in [-0.1, -0.05) is 0 Å². The molecule has 0 bridgehead atoms. The van der Waals surface area contributed by atoms with E-state index in [-0.39, 0.29) is 16.2 Å². The fourth-order valence-corrected chi connectivity index (χ4v) is 0. The zero-order valence-electron chi connectivity index (χ0n) is 3.43. The molecular weight excluding hydrogens is 182 g/mol. The number of rotatable bonds is 0. The van der Waals surface area contributed by atoms with Crippen molar-refractivity contribution in [3.05, 3.63) is 0 Å². The molecule has 0 aliphatic carbocycles. The second-order valence-electron chi connectivity index (χ2n) is 0.202. The maximum Gasteiger partial charge on any atom is 0.0967 e. The van der Waals surface area contributed by atoms with E-state index in [0.29, 0.717) is 0 Å². The number of halogens is 4. The molecule has 0 heterocycles. The molecule has 0 amide bonds. The van der Waals surface area contributed by atoms with Crippen molar-refractivity contribution < 1.29 is 5.48 Å². The standard InChI is InChI=1S/2CH2Cl2.H2O/c2*2-1-3;/h2*1H2;1H2. The Balaban J connectivity index is -0.0000000400. The second kappa shape index (κ2) is 27.4. The number of alkyl halides is 4. The minimum atomic E-state index is 0. The normalized spacial score (nSPS) is 5.14. The Morgan fingerprint density at radius 1 is 0.714 bits per heavy atom. The largest absolute Gasteiger partial charge is 0.412 e. The highest BCUT2D eigenvalue weighted by atomic mass is 35.5. The summed E-state index contributed by atoms with van der Waals surface area (Å²) in [6.45, 7) is 0. The summed E-state index contributed by atoms with van der Waals surface area (Å²) in [6, 6.07) is 0. The van der Waals surface area contributed by atoms with Crippen LogP contribution >= 0.6 is 46.4 Å². The van der Waals surface area contributed by atoms with Gasteiger partial charge in [0, 0.05) is 0 Å². The number of hydrogen-bond donors (Lipinski definition) is 0. The predicted octanol–water partition coefficient (Wildman–Crippen LogP) is 2.02. The van der Waals surface area contributed by atoms with Gasteiger partial charge in [0.15, 0.2) is 0 Å². The molecule has 0 atom stereocenters. The van der Waals surface area contributed by atoms with Gasteiger partial charge < -0.3 is 5.48 Å². The molecule has 0 aromatic heterocycles. The van der Waals surface area contributed by atoms with Crippen LogP contribution in [0.15, 0.2) is 0 Å². The maximum absolute atomic E-state index is 4.76. The minimum absolute atomic E-state index is 0. The van der Waals surface area contributed by atoms with E-state index < -0.39 is 0 Å². The molecule has 0 aromatic carbocycles. The van der Waals surface area contributed by atoms with Crippen molar-refractivity contribution in [3.63, 3.8) is 0 Å². The Morgan fingerprint density at radius 2 is 0.714 bits per heavy atom. The molecule has 0 fully saturated rings. The molecule has 0 aromatic rings. The van der Waals surface area contributed by atoms with Crippen molar-refractivity contribution in [2.24, 2.45) is 0 Å². The van der Waals surface area contributed by atoms with Crippen LogP contribution in [-0.2, 0) is 0 Å². The van der Waals surface area contributed by atoms with E-state index in [4.69, 9.17) is 46.4 Å². The summed E-state index contributed by atoms with van der Waals surface area (Å²) in [6.07, 6.45) is 0. The molecule has 0 rings (SSSR count). The molecule has 1 nitrogen and oxygen atoms in total. The zero-order chi connectivity index (χ0) is 5.41. The molecule has 5 heteroatoms. The van der Waals surface area contributed by atoms with Gasteiger partial charge in [-0.15, -0.1) is 46.4 Å². The summed E-state index contributed by atoms with van der Waals surface area (Å²) in [4.78, 5) is 0. The van der Waals surface area contributed by atoms with Crippen LogP contribution in [0.1, 0.15) is 0 Å². The molecule has 0 aliphatic heterocycles. The second-order valence-corrected chi connectivity index (χ2v) is 1.82. The van der Waals surface area contributed by atoms with Crippen LogP contribution in [0.25, 0.3) is 0 Å². The van der Waals surface area contributed by atoms with Gasteiger partial charge in [-0.05, 0) is 0 Å². The third kappa shape index (κ3) is 149. The predicted molar refractivity (Wildman–Crippen MR) is 36.8 cm³/mol. The molecule has 0 radical (unpaired) electrons. The van der Waals surface area contributed by atoms with Crippen molar-refractivity contribution >= 4 is 46.4 Å². The maximum atomic E-state index is 4.76. The summed E-state index contributed by atoms with van der Waals surface area (Å²) in [5, 5.41) is 0.389. The van der Waals surface area contributed by atoms with Gasteiger partial charge >= 0.3 is 0 Å². The van der Waals surface area contributed by atoms with Crippen LogP contribution in [0.4, 0.5) is 0 Å². The number of hydrogen-bond acceptors (Lipinski definition) is 0. The summed E-state index contributed by atoms with van der Waals surface area (Å²) >= 11 is 19.1. The third-order valence-corrected chi connectivity index (χ3v) is 0. The van der Waals surface area contributed by atoms with Gasteiger partial charge in [-0.2, -0.15) is 0 Å². The highest BCUT2D eigenvalue weighted by Gasteiger charge is 1.42. The first-order chi connectivity index (χ1) is 2.83. The summed E-state index contributed by atoms with van der Waals surface area (Å²) < 4.78 is 0. The topological polar surface area (TPSA) is 31.5 Å². The lowest BCUT2D eigenvalue weighted by atomic mass is 11.9. The Kier molecular flexibility index (Phi) is 61.5. The van der Waals surface area contributed by atoms with Gasteiger partial charge in [0.1, 0.15) is 0 Å². The quantitative estimate of drug-likeness (QED) is 0.520. The van der Waals surface area contributed by atoms with E-state index >= 15 is 0 Å². The lowest BCUT2D eigenvalue weighted by Crippen LogP contribution is -1.24. The highest BCUT2D eigenvalue weighted by molar-refractivity contribution is 6.40. The van der Waals surface area contributed by atoms with E-state index in [9.17, 15) is 0 Å². The van der Waals surface area contributed by atoms with Gasteiger partial charge in [0.2, 0.25) is 0 Å². The first kappa shape index (κ1) is 15.7. The SMILES string of the molecule is ClCCl.ClCCl.O. The lowest BCUT2D eigenvalue weighted by Gasteiger charge is -1.42. The van der Waals surface area contributed by atoms with Crippen molar-refractivity contribution in [2.45, 2.75) is 0 Å². The fourth-order valence-electron chi connectivity index (χ4n) is 0. The van der Waals surface area contributed by atoms with Crippen molar-refractivity contribution in [2.75, 3.05) is 10.7 Å². The average Bonchev–Trinajstić information content (AvgIpc) is 1.39. The van der Waals surface area contributed by atoms with Gasteiger partial charge in [0.25, 0.3) is 0 Å². The van der Waals surface area contributed by atoms with Crippen molar-refractivity contribution in [3.8, 4) is 0 Å². The molecule has 0 saturated carbocycles. The molecule has 2 N–H and O–H groups in total. The molecule has 0 spiro atoms. The average molecular weight is 188 g/mol. The lowest BCUT2D eigenvalue weighted by molar-refractivity contribution is 0.824. The summed E-state index contributed by atoms with van der Waals surface area (Å²) in [5.41, 5.74) is 0. The van der Waals surface area contributed by atoms with Crippen LogP contribution in [0.3, 0.4) is 0 Å². The van der Waals surface area contributed by atoms with Crippen LogP contribution < -0.4 is 0 Å². The first-order valence-electron chi connectivity index (χ1n) is 1.07. The van der Waals surface area contributed by atoms with E-state index in [2.05, 4.69) is 0 Å². The zero-order valence-corrected chi connectivity index (χ0v) is 6.45. The molecule has 7 heavy (non-hydrogen) atoms. The van der Waals surface area contributed by atoms with Gasteiger partial charge in [0.05, 0.1) is 10.7 Å². The molecule has 0 aliphatic rings. The highest BCUT2D eigenvalue weighted by Crippen LogP contribution is 1.73. The Labute approximate surface area is 62.8 Å². The van der Waals surface area contributed by atoms with Crippen LogP contribution in [0.2, 0.25) is 0 Å². The summed E-state index contributed by atoms with van der Waals surface area (Å²) in [7, 11) is 0. The van der Waals surface area contributed by atoms with Crippen LogP contribution in [0, 0.1) is 0 Å². The van der Waals surface area contributed by atoms with E-state index in [0.717, 1.165) is 0 Å². The monoisotopic (exact) mass is 186 g/mol. The van der Waals surface area contributed by atoms with Gasteiger partial charge in [-0.3, -0.25) is 0 Å². The van der Waals surface area contributed by atoms with Crippen LogP contribution in [-0.4, -0.2) is 16.2 Å². The van der Waals surface area contributed by atoms with Crippen molar-refractivity contribution in [1.29, 1.82) is 0 Å². The van der Waals surface area contributed by atoms with Crippen molar-refractivity contribution in [1.82, 2.24) is 0 Å². The molecule has 0 saturated heterocycles. The molecular formula is C2H6Cl4O. The van der Waals surface area contributed by atoms with Crippen LogP contribution in [0.5, 0.6) is 0 Å². The Bertz CT molecular complexity index is 11.7. The molecule has 48 valence electrons. The fraction of sp³-hybridized carbons (Fsp3) is 1.00. The van der Waals surface area contributed by atoms with Gasteiger partial charge in [-0.25, -0.2) is 0 Å². The van der Waals surface area contributed by atoms with E-state index in [1.165, 1.54) is 0 Å². The first-order valence-corrected chi connectivity index (χ1v) is 3.21. The minimum Gasteiger partial charge on any atom is -0.412 e.